The number of fused-ring (bicyclic) bond motifs is 1. The quantitative estimate of drug-likeness (QED) is 0.175. The zero-order valence-electron chi connectivity index (χ0n) is 28.3. The van der Waals surface area contributed by atoms with E-state index in [1.165, 1.54) is 13.0 Å². The van der Waals surface area contributed by atoms with E-state index in [0.717, 1.165) is 5.56 Å². The van der Waals surface area contributed by atoms with Crippen LogP contribution < -0.4 is 0 Å². The molecule has 0 aromatic heterocycles. The van der Waals surface area contributed by atoms with Gasteiger partial charge >= 0.3 is 23.9 Å². The van der Waals surface area contributed by atoms with E-state index < -0.39 is 76.7 Å². The lowest BCUT2D eigenvalue weighted by molar-refractivity contribution is -0.299. The summed E-state index contributed by atoms with van der Waals surface area (Å²) in [4.78, 5) is 53.7. The molecule has 1 saturated heterocycles. The Kier molecular flexibility index (Phi) is 9.69. The van der Waals surface area contributed by atoms with E-state index in [9.17, 15) is 19.2 Å². The summed E-state index contributed by atoms with van der Waals surface area (Å²) in [5.41, 5.74) is -2.44. The summed E-state index contributed by atoms with van der Waals surface area (Å²) in [6.45, 7) is 12.6. The van der Waals surface area contributed by atoms with Crippen molar-refractivity contribution in [3.63, 3.8) is 0 Å². The lowest BCUT2D eigenvalue weighted by atomic mass is 9.48. The normalized spacial score (nSPS) is 32.9. The van der Waals surface area contributed by atoms with Crippen molar-refractivity contribution in [1.82, 2.24) is 0 Å². The Labute approximate surface area is 276 Å². The number of hydrogen-bond acceptors (Lipinski definition) is 9. The highest BCUT2D eigenvalue weighted by atomic mass is 16.6. The van der Waals surface area contributed by atoms with Crippen LogP contribution in [-0.2, 0) is 38.1 Å². The molecule has 9 unspecified atom stereocenters. The van der Waals surface area contributed by atoms with Crippen molar-refractivity contribution < 1.29 is 42.9 Å². The average Bonchev–Trinajstić information content (AvgIpc) is 3.25. The standard InChI is InChI=1S/C38H46O9/c1-8-23(2)34(41)45-31-30-32(43-25(4)39)38(47-36(30,5)6)24(3)19-21-28(44-29(40)22-20-26-15-11-9-12-16-26)37(38,7)33(31)46-35(42)27-17-13-10-14-18-27/h9-18,20,22-24,28,30-33H,8,19,21H2,1-7H3. The molecule has 47 heavy (non-hydrogen) atoms. The molecular formula is C38H46O9. The lowest BCUT2D eigenvalue weighted by Gasteiger charge is -2.62. The Morgan fingerprint density at radius 3 is 2.15 bits per heavy atom. The highest BCUT2D eigenvalue weighted by Gasteiger charge is 2.82. The fourth-order valence-electron chi connectivity index (χ4n) is 8.12. The molecule has 1 spiro atoms. The van der Waals surface area contributed by atoms with Crippen LogP contribution in [0, 0.1) is 23.2 Å². The maximum Gasteiger partial charge on any atom is 0.338 e. The third kappa shape index (κ3) is 6.10. The zero-order chi connectivity index (χ0) is 34.1. The SMILES string of the molecule is CCC(C)C(=O)OC1C2C(OC(C)=O)C3(OC2(C)C)C(C)CCC(OC(=O)C=Cc2ccccc2)C3(C)C1OC(=O)c1ccccc1. The molecule has 9 atom stereocenters. The fourth-order valence-corrected chi connectivity index (χ4v) is 8.12. The zero-order valence-corrected chi connectivity index (χ0v) is 28.3. The summed E-state index contributed by atoms with van der Waals surface area (Å²) in [7, 11) is 0. The molecule has 0 N–H and O–H groups in total. The third-order valence-corrected chi connectivity index (χ3v) is 10.6. The lowest BCUT2D eigenvalue weighted by Crippen LogP contribution is -2.76. The number of benzene rings is 2. The maximum absolute atomic E-state index is 13.9. The molecule has 2 saturated carbocycles. The van der Waals surface area contributed by atoms with Gasteiger partial charge in [-0.1, -0.05) is 69.3 Å². The summed E-state index contributed by atoms with van der Waals surface area (Å²) in [6, 6.07) is 17.9. The molecule has 252 valence electrons. The van der Waals surface area contributed by atoms with Crippen LogP contribution in [0.25, 0.3) is 6.08 Å². The summed E-state index contributed by atoms with van der Waals surface area (Å²) >= 11 is 0. The number of ether oxygens (including phenoxy) is 5. The second-order valence-electron chi connectivity index (χ2n) is 13.9. The minimum atomic E-state index is -1.32. The van der Waals surface area contributed by atoms with Gasteiger partial charge in [-0.05, 0) is 69.7 Å². The van der Waals surface area contributed by atoms with Gasteiger partial charge in [-0.2, -0.15) is 0 Å². The van der Waals surface area contributed by atoms with Crippen LogP contribution >= 0.6 is 0 Å². The molecule has 9 heteroatoms. The molecule has 2 aromatic carbocycles. The highest BCUT2D eigenvalue weighted by molar-refractivity contribution is 5.89. The molecule has 5 rings (SSSR count). The van der Waals surface area contributed by atoms with Crippen molar-refractivity contribution in [3.05, 3.63) is 77.9 Å². The van der Waals surface area contributed by atoms with Gasteiger partial charge in [-0.3, -0.25) is 9.59 Å². The van der Waals surface area contributed by atoms with Gasteiger partial charge in [0.15, 0.2) is 6.10 Å². The number of hydrogen-bond donors (Lipinski definition) is 0. The first-order chi connectivity index (χ1) is 22.3. The third-order valence-electron chi connectivity index (χ3n) is 10.6. The van der Waals surface area contributed by atoms with Gasteiger partial charge in [0.1, 0.15) is 23.9 Å². The summed E-state index contributed by atoms with van der Waals surface area (Å²) < 4.78 is 32.3. The first-order valence-electron chi connectivity index (χ1n) is 16.5. The second-order valence-corrected chi connectivity index (χ2v) is 13.9. The minimum absolute atomic E-state index is 0.222. The van der Waals surface area contributed by atoms with Crippen LogP contribution in [0.5, 0.6) is 0 Å². The van der Waals surface area contributed by atoms with Crippen molar-refractivity contribution in [2.45, 2.75) is 103 Å². The van der Waals surface area contributed by atoms with Crippen molar-refractivity contribution >= 4 is 30.0 Å². The van der Waals surface area contributed by atoms with E-state index in [4.69, 9.17) is 23.7 Å². The number of rotatable bonds is 9. The van der Waals surface area contributed by atoms with E-state index in [-0.39, 0.29) is 5.92 Å². The van der Waals surface area contributed by atoms with Gasteiger partial charge in [0, 0.05) is 13.0 Å². The van der Waals surface area contributed by atoms with Crippen molar-refractivity contribution in [2.75, 3.05) is 0 Å². The first-order valence-corrected chi connectivity index (χ1v) is 16.5. The van der Waals surface area contributed by atoms with Crippen LogP contribution in [0.15, 0.2) is 66.7 Å². The van der Waals surface area contributed by atoms with Crippen LogP contribution in [0.3, 0.4) is 0 Å². The molecule has 2 aliphatic carbocycles. The molecule has 3 fully saturated rings. The number of carbonyl (C=O) groups is 4. The summed E-state index contributed by atoms with van der Waals surface area (Å²) in [6.07, 6.45) is 0.591. The Hall–Kier alpha value is -3.98. The molecular weight excluding hydrogens is 600 g/mol. The van der Waals surface area contributed by atoms with Crippen molar-refractivity contribution in [2.24, 2.45) is 23.2 Å². The van der Waals surface area contributed by atoms with E-state index >= 15 is 0 Å². The number of esters is 4. The molecule has 2 bridgehead atoms. The number of carbonyl (C=O) groups excluding carboxylic acids is 4. The summed E-state index contributed by atoms with van der Waals surface area (Å²) in [5.74, 6) is -3.56. The van der Waals surface area contributed by atoms with Gasteiger partial charge in [0.2, 0.25) is 0 Å². The first kappa shape index (κ1) is 34.4. The Morgan fingerprint density at radius 2 is 1.53 bits per heavy atom. The molecule has 0 amide bonds. The van der Waals surface area contributed by atoms with Gasteiger partial charge in [-0.25, -0.2) is 9.59 Å². The molecule has 2 aromatic rings. The van der Waals surface area contributed by atoms with E-state index in [1.807, 2.05) is 65.0 Å². The minimum Gasteiger partial charge on any atom is -0.459 e. The summed E-state index contributed by atoms with van der Waals surface area (Å²) in [5, 5.41) is 0. The second kappa shape index (κ2) is 13.3. The van der Waals surface area contributed by atoms with Gasteiger partial charge in [-0.15, -0.1) is 0 Å². The largest absolute Gasteiger partial charge is 0.459 e. The predicted octanol–water partition coefficient (Wildman–Crippen LogP) is 6.34. The van der Waals surface area contributed by atoms with Crippen molar-refractivity contribution in [1.29, 1.82) is 0 Å². The molecule has 3 aliphatic rings. The maximum atomic E-state index is 13.9. The van der Waals surface area contributed by atoms with E-state index in [2.05, 4.69) is 0 Å². The van der Waals surface area contributed by atoms with Gasteiger partial charge < -0.3 is 23.7 Å². The van der Waals surface area contributed by atoms with Gasteiger partial charge in [0.25, 0.3) is 0 Å². The van der Waals surface area contributed by atoms with E-state index in [0.29, 0.717) is 24.8 Å². The Balaban J connectivity index is 1.67. The predicted molar refractivity (Wildman–Crippen MR) is 174 cm³/mol. The average molecular weight is 647 g/mol. The Morgan fingerprint density at radius 1 is 0.894 bits per heavy atom. The van der Waals surface area contributed by atoms with Crippen LogP contribution in [0.2, 0.25) is 0 Å². The highest BCUT2D eigenvalue weighted by Crippen LogP contribution is 2.68. The van der Waals surface area contributed by atoms with Crippen LogP contribution in [0.1, 0.15) is 83.7 Å². The molecule has 1 aliphatic heterocycles. The molecule has 0 radical (unpaired) electrons. The molecule has 9 nitrogen and oxygen atoms in total. The topological polar surface area (TPSA) is 114 Å². The van der Waals surface area contributed by atoms with Crippen LogP contribution in [0.4, 0.5) is 0 Å². The van der Waals surface area contributed by atoms with Gasteiger partial charge in [0.05, 0.1) is 28.4 Å². The smallest absolute Gasteiger partial charge is 0.338 e. The van der Waals surface area contributed by atoms with Crippen molar-refractivity contribution in [3.8, 4) is 0 Å². The monoisotopic (exact) mass is 646 g/mol. The molecule has 1 heterocycles. The fraction of sp³-hybridized carbons (Fsp3) is 0.526. The van der Waals surface area contributed by atoms with E-state index in [1.54, 1.807) is 43.3 Å². The van der Waals surface area contributed by atoms with Crippen LogP contribution in [-0.4, -0.2) is 59.5 Å². The Bertz CT molecular complexity index is 1500.